The van der Waals surface area contributed by atoms with Crippen LogP contribution in [-0.2, 0) is 6.42 Å². The zero-order chi connectivity index (χ0) is 19.9. The van der Waals surface area contributed by atoms with Gasteiger partial charge in [-0.15, -0.1) is 0 Å². The normalized spacial score (nSPS) is 12.3. The van der Waals surface area contributed by atoms with Crippen LogP contribution in [0.4, 0.5) is 0 Å². The van der Waals surface area contributed by atoms with Gasteiger partial charge in [-0.2, -0.15) is 0 Å². The minimum Gasteiger partial charge on any atom is -0.293 e. The molecule has 2 rings (SSSR count). The van der Waals surface area contributed by atoms with Crippen LogP contribution in [0.5, 0.6) is 0 Å². The standard InChI is InChI=1S/C27H35N/c1-3-5-13-24(4-2)15-12-23-28-22-11-7-8-14-25-18-20-27(21-19-25)26-16-9-6-10-17-26/h4,6,9-10,12,15-21,23H,3,5,7-8,11,13-14,22H2,1-2H3/b15-12-,24-4-,28-23?. The van der Waals surface area contributed by atoms with Gasteiger partial charge in [0.1, 0.15) is 0 Å². The summed E-state index contributed by atoms with van der Waals surface area (Å²) < 4.78 is 0. The van der Waals surface area contributed by atoms with Crippen molar-refractivity contribution in [2.75, 3.05) is 6.54 Å². The van der Waals surface area contributed by atoms with Crippen molar-refractivity contribution in [1.29, 1.82) is 0 Å². The Bertz CT molecular complexity index is 736. The number of aliphatic imine (C=N–C) groups is 1. The topological polar surface area (TPSA) is 12.4 Å². The molecular weight excluding hydrogens is 338 g/mol. The second-order valence-corrected chi connectivity index (χ2v) is 7.26. The summed E-state index contributed by atoms with van der Waals surface area (Å²) in [5.74, 6) is 0. The fourth-order valence-corrected chi connectivity index (χ4v) is 3.21. The van der Waals surface area contributed by atoms with Crippen molar-refractivity contribution in [2.45, 2.75) is 58.8 Å². The van der Waals surface area contributed by atoms with Gasteiger partial charge in [0, 0.05) is 12.8 Å². The fraction of sp³-hybridized carbons (Fsp3) is 0.370. The third-order valence-corrected chi connectivity index (χ3v) is 5.01. The first kappa shape index (κ1) is 21.9. The van der Waals surface area contributed by atoms with Crippen LogP contribution < -0.4 is 0 Å². The minimum atomic E-state index is 0.928. The van der Waals surface area contributed by atoms with E-state index >= 15 is 0 Å². The van der Waals surface area contributed by atoms with Gasteiger partial charge in [-0.1, -0.05) is 92.1 Å². The van der Waals surface area contributed by atoms with Crippen LogP contribution in [0.1, 0.15) is 57.9 Å². The molecule has 1 nitrogen and oxygen atoms in total. The van der Waals surface area contributed by atoms with Crippen molar-refractivity contribution in [2.24, 2.45) is 4.99 Å². The highest BCUT2D eigenvalue weighted by Crippen LogP contribution is 2.20. The number of unbranched alkanes of at least 4 members (excludes halogenated alkanes) is 3. The average Bonchev–Trinajstić information content (AvgIpc) is 2.75. The van der Waals surface area contributed by atoms with E-state index in [1.165, 1.54) is 60.8 Å². The van der Waals surface area contributed by atoms with Crippen LogP contribution in [0.25, 0.3) is 11.1 Å². The van der Waals surface area contributed by atoms with Crippen LogP contribution in [0, 0.1) is 0 Å². The first-order chi connectivity index (χ1) is 13.8. The molecule has 0 aliphatic carbocycles. The van der Waals surface area contributed by atoms with Gasteiger partial charge in [-0.3, -0.25) is 4.99 Å². The molecule has 1 heteroatoms. The largest absolute Gasteiger partial charge is 0.293 e. The van der Waals surface area contributed by atoms with Gasteiger partial charge in [0.25, 0.3) is 0 Å². The maximum Gasteiger partial charge on any atom is 0.0389 e. The van der Waals surface area contributed by atoms with Crippen molar-refractivity contribution in [3.63, 3.8) is 0 Å². The number of allylic oxidation sites excluding steroid dienone is 4. The Hall–Kier alpha value is -2.41. The lowest BCUT2D eigenvalue weighted by Gasteiger charge is -2.04. The SMILES string of the molecule is C/C=C(\C=C/C=NCCCCCc1ccc(-c2ccccc2)cc1)CCCC. The highest BCUT2D eigenvalue weighted by Gasteiger charge is 1.98. The molecule has 0 fully saturated rings. The monoisotopic (exact) mass is 373 g/mol. The summed E-state index contributed by atoms with van der Waals surface area (Å²) in [5, 5.41) is 0. The number of rotatable bonds is 12. The highest BCUT2D eigenvalue weighted by atomic mass is 14.7. The molecule has 0 bridgehead atoms. The second kappa shape index (κ2) is 13.7. The van der Waals surface area contributed by atoms with E-state index in [0.29, 0.717) is 0 Å². The zero-order valence-electron chi connectivity index (χ0n) is 17.6. The van der Waals surface area contributed by atoms with Crippen molar-refractivity contribution in [3.05, 3.63) is 84.0 Å². The molecule has 0 radical (unpaired) electrons. The first-order valence-corrected chi connectivity index (χ1v) is 10.8. The molecule has 0 spiro atoms. The van der Waals surface area contributed by atoms with E-state index in [9.17, 15) is 0 Å². The van der Waals surface area contributed by atoms with Gasteiger partial charge in [0.15, 0.2) is 0 Å². The van der Waals surface area contributed by atoms with Crippen LogP contribution in [-0.4, -0.2) is 12.8 Å². The molecule has 0 aliphatic heterocycles. The molecule has 0 heterocycles. The predicted molar refractivity (Wildman–Crippen MR) is 125 cm³/mol. The number of benzene rings is 2. The lowest BCUT2D eigenvalue weighted by Crippen LogP contribution is -1.88. The highest BCUT2D eigenvalue weighted by molar-refractivity contribution is 5.71. The third-order valence-electron chi connectivity index (χ3n) is 5.01. The van der Waals surface area contributed by atoms with Crippen LogP contribution in [0.2, 0.25) is 0 Å². The van der Waals surface area contributed by atoms with Crippen molar-refractivity contribution >= 4 is 6.21 Å². The van der Waals surface area contributed by atoms with Crippen molar-refractivity contribution in [3.8, 4) is 11.1 Å². The molecule has 0 aromatic heterocycles. The summed E-state index contributed by atoms with van der Waals surface area (Å²) in [4.78, 5) is 4.51. The number of nitrogens with zero attached hydrogens (tertiary/aromatic N) is 1. The molecule has 0 N–H and O–H groups in total. The maximum absolute atomic E-state index is 4.51. The van der Waals surface area contributed by atoms with Crippen LogP contribution in [0.3, 0.4) is 0 Å². The average molecular weight is 374 g/mol. The van der Waals surface area contributed by atoms with E-state index in [1.807, 2.05) is 6.21 Å². The summed E-state index contributed by atoms with van der Waals surface area (Å²) >= 11 is 0. The molecule has 0 unspecified atom stereocenters. The Balaban J connectivity index is 1.60. The van der Waals surface area contributed by atoms with Crippen molar-refractivity contribution < 1.29 is 0 Å². The Morgan fingerprint density at radius 3 is 2.32 bits per heavy atom. The van der Waals surface area contributed by atoms with E-state index in [0.717, 1.165) is 13.0 Å². The number of aryl methyl sites for hydroxylation is 1. The maximum atomic E-state index is 4.51. The van der Waals surface area contributed by atoms with Gasteiger partial charge < -0.3 is 0 Å². The van der Waals surface area contributed by atoms with Crippen molar-refractivity contribution in [1.82, 2.24) is 0 Å². The molecule has 2 aromatic rings. The summed E-state index contributed by atoms with van der Waals surface area (Å²) in [7, 11) is 0. The fourth-order valence-electron chi connectivity index (χ4n) is 3.21. The Morgan fingerprint density at radius 2 is 1.61 bits per heavy atom. The third kappa shape index (κ3) is 8.52. The van der Waals surface area contributed by atoms with Gasteiger partial charge in [-0.05, 0) is 61.8 Å². The Labute approximate surface area is 171 Å². The number of hydrogen-bond donors (Lipinski definition) is 0. The van der Waals surface area contributed by atoms with E-state index < -0.39 is 0 Å². The van der Waals surface area contributed by atoms with Gasteiger partial charge in [0.05, 0.1) is 0 Å². The lowest BCUT2D eigenvalue weighted by molar-refractivity contribution is 0.688. The van der Waals surface area contributed by atoms with E-state index in [1.54, 1.807) is 0 Å². The van der Waals surface area contributed by atoms with E-state index in [4.69, 9.17) is 0 Å². The van der Waals surface area contributed by atoms with Crippen LogP contribution in [0.15, 0.2) is 83.4 Å². The molecule has 0 atom stereocenters. The van der Waals surface area contributed by atoms with Gasteiger partial charge in [-0.25, -0.2) is 0 Å². The molecule has 2 aromatic carbocycles. The molecular formula is C27H35N. The van der Waals surface area contributed by atoms with Gasteiger partial charge in [0.2, 0.25) is 0 Å². The first-order valence-electron chi connectivity index (χ1n) is 10.8. The molecule has 0 amide bonds. The summed E-state index contributed by atoms with van der Waals surface area (Å²) in [6.45, 7) is 5.28. The smallest absolute Gasteiger partial charge is 0.0389 e. The molecule has 28 heavy (non-hydrogen) atoms. The molecule has 0 saturated carbocycles. The lowest BCUT2D eigenvalue weighted by atomic mass is 10.0. The summed E-state index contributed by atoms with van der Waals surface area (Å²) in [6.07, 6.45) is 16.9. The summed E-state index contributed by atoms with van der Waals surface area (Å²) in [5.41, 5.74) is 5.42. The zero-order valence-corrected chi connectivity index (χ0v) is 17.6. The van der Waals surface area contributed by atoms with Gasteiger partial charge >= 0.3 is 0 Å². The summed E-state index contributed by atoms with van der Waals surface area (Å²) in [6, 6.07) is 19.6. The second-order valence-electron chi connectivity index (χ2n) is 7.26. The molecule has 0 aliphatic rings. The Morgan fingerprint density at radius 1 is 0.857 bits per heavy atom. The number of hydrogen-bond acceptors (Lipinski definition) is 1. The Kier molecular flexibility index (Phi) is 10.7. The molecule has 0 saturated heterocycles. The minimum absolute atomic E-state index is 0.928. The van der Waals surface area contributed by atoms with Crippen LogP contribution >= 0.6 is 0 Å². The van der Waals surface area contributed by atoms with E-state index in [-0.39, 0.29) is 0 Å². The van der Waals surface area contributed by atoms with E-state index in [2.05, 4.69) is 91.7 Å². The predicted octanol–water partition coefficient (Wildman–Crippen LogP) is 7.83. The quantitative estimate of drug-likeness (QED) is 0.204. The molecule has 148 valence electrons.